The fourth-order valence-electron chi connectivity index (χ4n) is 3.65. The Morgan fingerprint density at radius 3 is 2.15 bits per heavy atom. The second-order valence-electron chi connectivity index (χ2n) is 8.27. The molecule has 1 aromatic heterocycles. The molecule has 0 unspecified atom stereocenters. The first-order valence-electron chi connectivity index (χ1n) is 12.9. The number of hydrogen-bond donors (Lipinski definition) is 5. The molecule has 1 aliphatic rings. The number of Topliss-reactive ketones (excluding diaryl/α,β-unsaturated/α-hetero) is 1. The summed E-state index contributed by atoms with van der Waals surface area (Å²) in [5.74, 6) is 4.05. The van der Waals surface area contributed by atoms with Gasteiger partial charge in [0.15, 0.2) is 5.78 Å². The normalized spacial score (nSPS) is 12.2. The van der Waals surface area contributed by atoms with E-state index in [4.69, 9.17) is 17.0 Å². The second-order valence-corrected chi connectivity index (χ2v) is 8.27. The van der Waals surface area contributed by atoms with E-state index in [9.17, 15) is 18.8 Å². The van der Waals surface area contributed by atoms with Crippen LogP contribution in [0.3, 0.4) is 0 Å². The number of halogens is 1. The quantitative estimate of drug-likeness (QED) is 0.0803. The number of amidine groups is 1. The van der Waals surface area contributed by atoms with Crippen LogP contribution < -0.4 is 17.0 Å². The number of carbonyl (C=O) groups is 3. The summed E-state index contributed by atoms with van der Waals surface area (Å²) in [5, 5.41) is 7.55. The molecule has 2 amide bonds. The van der Waals surface area contributed by atoms with Crippen LogP contribution in [-0.2, 0) is 4.79 Å². The minimum Gasteiger partial charge on any atom is -0.384 e. The van der Waals surface area contributed by atoms with Crippen LogP contribution >= 0.6 is 0 Å². The van der Waals surface area contributed by atoms with E-state index in [1.165, 1.54) is 25.3 Å². The molecule has 7 N–H and O–H groups in total. The summed E-state index contributed by atoms with van der Waals surface area (Å²) in [4.78, 5) is 40.1. The van der Waals surface area contributed by atoms with Crippen molar-refractivity contribution >= 4 is 34.8 Å². The molecule has 2 aromatic carbocycles. The summed E-state index contributed by atoms with van der Waals surface area (Å²) >= 11 is 0. The maximum absolute atomic E-state index is 13.6. The average Bonchev–Trinajstić information content (AvgIpc) is 3.42. The van der Waals surface area contributed by atoms with Gasteiger partial charge in [0.05, 0.1) is 5.52 Å². The number of aromatic amines is 1. The van der Waals surface area contributed by atoms with Gasteiger partial charge in [0.2, 0.25) is 6.41 Å². The first kappa shape index (κ1) is 32.9. The van der Waals surface area contributed by atoms with Crippen molar-refractivity contribution in [1.29, 1.82) is 5.41 Å². The number of fused-ring (bicyclic) bond motifs is 1. The van der Waals surface area contributed by atoms with Crippen molar-refractivity contribution in [3.8, 4) is 0 Å². The number of nitrogens with two attached hydrogens (primary N) is 2. The Morgan fingerprint density at radius 1 is 1.08 bits per heavy atom. The van der Waals surface area contributed by atoms with Crippen molar-refractivity contribution in [3.05, 3.63) is 71.2 Å². The van der Waals surface area contributed by atoms with Gasteiger partial charge in [-0.25, -0.2) is 4.39 Å². The summed E-state index contributed by atoms with van der Waals surface area (Å²) < 4.78 is 13.6. The minimum atomic E-state index is -0.494. The molecule has 4 rings (SSSR count). The van der Waals surface area contributed by atoms with Crippen LogP contribution in [0.4, 0.5) is 4.39 Å². The van der Waals surface area contributed by atoms with Crippen molar-refractivity contribution in [2.75, 3.05) is 32.7 Å². The van der Waals surface area contributed by atoms with Gasteiger partial charge in [-0.3, -0.25) is 31.1 Å². The third-order valence-electron chi connectivity index (χ3n) is 5.62. The Hall–Kier alpha value is -4.09. The van der Waals surface area contributed by atoms with E-state index in [0.29, 0.717) is 42.8 Å². The number of piperazine rings is 1. The van der Waals surface area contributed by atoms with Gasteiger partial charge in [0.1, 0.15) is 11.7 Å². The van der Waals surface area contributed by atoms with Gasteiger partial charge in [-0.2, -0.15) is 0 Å². The van der Waals surface area contributed by atoms with Crippen molar-refractivity contribution in [2.45, 2.75) is 34.1 Å². The van der Waals surface area contributed by atoms with Crippen molar-refractivity contribution in [3.63, 3.8) is 0 Å². The molecule has 0 spiro atoms. The van der Waals surface area contributed by atoms with E-state index in [0.717, 1.165) is 19.4 Å². The molecule has 0 radical (unpaired) electrons. The molecule has 0 saturated carbocycles. The molecular formula is C28H40FN7O3. The third-order valence-corrected chi connectivity index (χ3v) is 5.62. The van der Waals surface area contributed by atoms with Crippen LogP contribution in [0.5, 0.6) is 0 Å². The molecular weight excluding hydrogens is 501 g/mol. The van der Waals surface area contributed by atoms with E-state index in [-0.39, 0.29) is 28.5 Å². The van der Waals surface area contributed by atoms with E-state index in [1.807, 2.05) is 44.2 Å². The molecule has 0 aliphatic carbocycles. The summed E-state index contributed by atoms with van der Waals surface area (Å²) in [6.45, 7) is 10.8. The van der Waals surface area contributed by atoms with Crippen LogP contribution in [0.25, 0.3) is 10.9 Å². The molecule has 2 heterocycles. The number of nitrogen functional groups attached to an aromatic ring is 1. The van der Waals surface area contributed by atoms with Crippen molar-refractivity contribution < 1.29 is 18.8 Å². The molecule has 1 saturated heterocycles. The van der Waals surface area contributed by atoms with E-state index in [1.54, 1.807) is 9.80 Å². The van der Waals surface area contributed by atoms with Crippen LogP contribution in [0.1, 0.15) is 60.4 Å². The van der Waals surface area contributed by atoms with Gasteiger partial charge in [-0.05, 0) is 37.6 Å². The zero-order valence-electron chi connectivity index (χ0n) is 23.1. The molecule has 1 fully saturated rings. The number of amides is 2. The van der Waals surface area contributed by atoms with Gasteiger partial charge in [0.25, 0.3) is 5.91 Å². The Labute approximate surface area is 229 Å². The van der Waals surface area contributed by atoms with E-state index in [2.05, 4.69) is 17.3 Å². The number of carbonyl (C=O) groups excluding carboxylic acids is 3. The van der Waals surface area contributed by atoms with E-state index < -0.39 is 5.82 Å². The number of ketones is 1. The lowest BCUT2D eigenvalue weighted by molar-refractivity contribution is -0.119. The molecule has 11 heteroatoms. The lowest BCUT2D eigenvalue weighted by Crippen LogP contribution is -2.48. The second kappa shape index (κ2) is 17.4. The molecule has 0 atom stereocenters. The average molecular weight is 542 g/mol. The van der Waals surface area contributed by atoms with Crippen LogP contribution in [0, 0.1) is 11.2 Å². The molecule has 1 aliphatic heterocycles. The van der Waals surface area contributed by atoms with Crippen LogP contribution in [0.2, 0.25) is 0 Å². The number of rotatable bonds is 6. The Kier molecular flexibility index (Phi) is 14.7. The summed E-state index contributed by atoms with van der Waals surface area (Å²) in [6, 6.07) is 11.9. The zero-order chi connectivity index (χ0) is 29.4. The molecule has 10 nitrogen and oxygen atoms in total. The first-order chi connectivity index (χ1) is 18.7. The monoisotopic (exact) mass is 541 g/mol. The lowest BCUT2D eigenvalue weighted by atomic mass is 10.1. The number of nitrogens with one attached hydrogen (secondary N) is 3. The van der Waals surface area contributed by atoms with Gasteiger partial charge in [0, 0.05) is 61.0 Å². The standard InChI is InChI=1S/C12H14N2O2.C11H10FN3O.C3H10N2.C2H6/c15-10-13-6-8-14(9-7-13)12(16)11-4-2-1-3-5-11;1-5(16)7-4-15-10-6(11(13)14)2-3-8(12)9(7)10;1-2-3-5-4;1-2/h1-5,10H,6-9H2;2-4,15H,1H3,(H3,13,14);5H,2-4H2,1H3;1-2H3. The smallest absolute Gasteiger partial charge is 0.253 e. The molecule has 212 valence electrons. The van der Waals surface area contributed by atoms with Gasteiger partial charge >= 0.3 is 0 Å². The predicted octanol–water partition coefficient (Wildman–Crippen LogP) is 3.28. The fraction of sp³-hybridized carbons (Fsp3) is 0.357. The van der Waals surface area contributed by atoms with Gasteiger partial charge < -0.3 is 20.5 Å². The number of nitrogens with zero attached hydrogens (tertiary/aromatic N) is 2. The number of hydrogen-bond acceptors (Lipinski definition) is 6. The lowest BCUT2D eigenvalue weighted by Gasteiger charge is -2.32. The topological polar surface area (TPSA) is 161 Å². The van der Waals surface area contributed by atoms with Crippen LogP contribution in [0.15, 0.2) is 48.7 Å². The predicted molar refractivity (Wildman–Crippen MR) is 153 cm³/mol. The van der Waals surface area contributed by atoms with Gasteiger partial charge in [-0.15, -0.1) is 0 Å². The summed E-state index contributed by atoms with van der Waals surface area (Å²) in [5.41, 5.74) is 9.65. The number of benzene rings is 2. The highest BCUT2D eigenvalue weighted by molar-refractivity contribution is 6.13. The summed E-state index contributed by atoms with van der Waals surface area (Å²) in [7, 11) is 0. The number of hydrazine groups is 1. The van der Waals surface area contributed by atoms with E-state index >= 15 is 0 Å². The number of aromatic nitrogens is 1. The Morgan fingerprint density at radius 2 is 1.69 bits per heavy atom. The highest BCUT2D eigenvalue weighted by atomic mass is 19.1. The fourth-order valence-corrected chi connectivity index (χ4v) is 3.65. The minimum absolute atomic E-state index is 0.0474. The highest BCUT2D eigenvalue weighted by Crippen LogP contribution is 2.25. The maximum atomic E-state index is 13.6. The maximum Gasteiger partial charge on any atom is 0.253 e. The van der Waals surface area contributed by atoms with Gasteiger partial charge in [-0.1, -0.05) is 39.0 Å². The van der Waals surface area contributed by atoms with Crippen molar-refractivity contribution in [1.82, 2.24) is 20.2 Å². The SMILES string of the molecule is CC.CC(=O)c1c[nH]c2c(C(=N)N)ccc(F)c12.CCCNN.O=CN1CCN(C(=O)c2ccccc2)CC1. The highest BCUT2D eigenvalue weighted by Gasteiger charge is 2.20. The van der Waals surface area contributed by atoms with Crippen molar-refractivity contribution in [2.24, 2.45) is 11.6 Å². The first-order valence-corrected chi connectivity index (χ1v) is 12.9. The Bertz CT molecular complexity index is 1200. The zero-order valence-corrected chi connectivity index (χ0v) is 23.1. The molecule has 0 bridgehead atoms. The Balaban J connectivity index is 0.000000316. The largest absolute Gasteiger partial charge is 0.384 e. The molecule has 39 heavy (non-hydrogen) atoms. The number of H-pyrrole nitrogens is 1. The molecule has 3 aromatic rings. The summed E-state index contributed by atoms with van der Waals surface area (Å²) in [6.07, 6.45) is 3.38. The van der Waals surface area contributed by atoms with Crippen LogP contribution in [-0.4, -0.2) is 71.4 Å². The third kappa shape index (κ3) is 9.62.